The van der Waals surface area contributed by atoms with Gasteiger partial charge in [0.25, 0.3) is 0 Å². The van der Waals surface area contributed by atoms with Crippen LogP contribution in [0, 0.1) is 0 Å². The maximum absolute atomic E-state index is 10.3. The lowest BCUT2D eigenvalue weighted by Gasteiger charge is -2.25. The molecule has 15 heavy (non-hydrogen) atoms. The monoisotopic (exact) mass is 228 g/mol. The fourth-order valence-electron chi connectivity index (χ4n) is 1.72. The molecular formula is C12H17ClO2. The summed E-state index contributed by atoms with van der Waals surface area (Å²) in [5.41, 5.74) is -0.135. The maximum atomic E-state index is 10.3. The first-order valence-corrected chi connectivity index (χ1v) is 5.45. The van der Waals surface area contributed by atoms with Crippen molar-refractivity contribution in [1.82, 2.24) is 0 Å². The summed E-state index contributed by atoms with van der Waals surface area (Å²) < 4.78 is 5.21. The Morgan fingerprint density at radius 2 is 2.13 bits per heavy atom. The molecule has 0 aliphatic heterocycles. The van der Waals surface area contributed by atoms with Gasteiger partial charge < -0.3 is 9.84 Å². The molecule has 1 atom stereocenters. The Morgan fingerprint density at radius 1 is 1.47 bits per heavy atom. The molecule has 0 bridgehead atoms. The molecule has 0 saturated heterocycles. The molecule has 0 fully saturated rings. The summed E-state index contributed by atoms with van der Waals surface area (Å²) in [5, 5.41) is 10.9. The van der Waals surface area contributed by atoms with Crippen molar-refractivity contribution in [3.05, 3.63) is 28.8 Å². The zero-order valence-corrected chi connectivity index (χ0v) is 10.1. The van der Waals surface area contributed by atoms with E-state index in [9.17, 15) is 5.11 Å². The molecule has 0 amide bonds. The Bertz CT molecular complexity index is 334. The number of methoxy groups -OCH3 is 1. The number of rotatable bonds is 4. The van der Waals surface area contributed by atoms with Gasteiger partial charge in [-0.15, -0.1) is 0 Å². The average Bonchev–Trinajstić information content (AvgIpc) is 2.17. The van der Waals surface area contributed by atoms with E-state index >= 15 is 0 Å². The molecule has 3 heteroatoms. The van der Waals surface area contributed by atoms with Gasteiger partial charge in [0, 0.05) is 10.6 Å². The first-order chi connectivity index (χ1) is 7.01. The van der Waals surface area contributed by atoms with Gasteiger partial charge in [-0.25, -0.2) is 0 Å². The molecule has 0 spiro atoms. The van der Waals surface area contributed by atoms with Crippen LogP contribution in [0.1, 0.15) is 32.3 Å². The molecule has 0 radical (unpaired) electrons. The summed E-state index contributed by atoms with van der Waals surface area (Å²) in [7, 11) is 1.59. The summed E-state index contributed by atoms with van der Waals surface area (Å²) in [5.74, 6) is 0.679. The van der Waals surface area contributed by atoms with Gasteiger partial charge in [0.1, 0.15) is 5.75 Å². The normalized spacial score (nSPS) is 14.7. The highest BCUT2D eigenvalue weighted by molar-refractivity contribution is 6.30. The Morgan fingerprint density at radius 3 is 2.67 bits per heavy atom. The molecule has 0 aromatic heterocycles. The standard InChI is InChI=1S/C12H17ClO2/c1-4-7-12(2,14)10-8-9(13)5-6-11(10)15-3/h5-6,8,14H,4,7H2,1-3H3/t12-/m0/s1. The highest BCUT2D eigenvalue weighted by atomic mass is 35.5. The van der Waals surface area contributed by atoms with Crippen molar-refractivity contribution in [1.29, 1.82) is 0 Å². The fourth-order valence-corrected chi connectivity index (χ4v) is 1.89. The summed E-state index contributed by atoms with van der Waals surface area (Å²) >= 11 is 5.91. The third-order valence-corrected chi connectivity index (χ3v) is 2.71. The van der Waals surface area contributed by atoms with Gasteiger partial charge >= 0.3 is 0 Å². The van der Waals surface area contributed by atoms with Crippen LogP contribution in [0.2, 0.25) is 5.02 Å². The van der Waals surface area contributed by atoms with Crippen LogP contribution in [0.5, 0.6) is 5.75 Å². The second-order valence-electron chi connectivity index (χ2n) is 3.87. The minimum Gasteiger partial charge on any atom is -0.496 e. The maximum Gasteiger partial charge on any atom is 0.125 e. The Labute approximate surface area is 95.8 Å². The van der Waals surface area contributed by atoms with E-state index in [4.69, 9.17) is 16.3 Å². The van der Waals surface area contributed by atoms with E-state index < -0.39 is 5.60 Å². The van der Waals surface area contributed by atoms with Crippen molar-refractivity contribution in [3.63, 3.8) is 0 Å². The minimum absolute atomic E-state index is 0.613. The molecule has 0 unspecified atom stereocenters. The zero-order chi connectivity index (χ0) is 11.5. The average molecular weight is 229 g/mol. The number of hydrogen-bond donors (Lipinski definition) is 1. The lowest BCUT2D eigenvalue weighted by Crippen LogP contribution is -2.21. The van der Waals surface area contributed by atoms with Crippen molar-refractivity contribution in [2.45, 2.75) is 32.3 Å². The Hall–Kier alpha value is -0.730. The molecule has 0 heterocycles. The Balaban J connectivity index is 3.15. The van der Waals surface area contributed by atoms with Crippen LogP contribution in [0.3, 0.4) is 0 Å². The van der Waals surface area contributed by atoms with E-state index in [1.165, 1.54) is 0 Å². The summed E-state index contributed by atoms with van der Waals surface area (Å²) in [6.45, 7) is 3.82. The second-order valence-corrected chi connectivity index (χ2v) is 4.30. The van der Waals surface area contributed by atoms with Gasteiger partial charge in [-0.2, -0.15) is 0 Å². The predicted molar refractivity (Wildman–Crippen MR) is 62.5 cm³/mol. The highest BCUT2D eigenvalue weighted by Gasteiger charge is 2.25. The van der Waals surface area contributed by atoms with E-state index in [1.54, 1.807) is 32.2 Å². The Kier molecular flexibility index (Phi) is 4.00. The SMILES string of the molecule is CCC[C@](C)(O)c1cc(Cl)ccc1OC. The number of benzene rings is 1. The third kappa shape index (κ3) is 2.86. The molecule has 1 aromatic rings. The smallest absolute Gasteiger partial charge is 0.125 e. The molecule has 1 rings (SSSR count). The second kappa shape index (κ2) is 4.86. The van der Waals surface area contributed by atoms with E-state index in [2.05, 4.69) is 0 Å². The number of hydrogen-bond acceptors (Lipinski definition) is 2. The molecule has 1 aromatic carbocycles. The summed E-state index contributed by atoms with van der Waals surface area (Å²) in [4.78, 5) is 0. The van der Waals surface area contributed by atoms with Crippen molar-refractivity contribution in [2.24, 2.45) is 0 Å². The third-order valence-electron chi connectivity index (χ3n) is 2.48. The predicted octanol–water partition coefficient (Wildman–Crippen LogP) is 3.36. The van der Waals surface area contributed by atoms with Gasteiger partial charge in [-0.1, -0.05) is 24.9 Å². The summed E-state index contributed by atoms with van der Waals surface area (Å²) in [6, 6.07) is 5.30. The largest absolute Gasteiger partial charge is 0.496 e. The quantitative estimate of drug-likeness (QED) is 0.857. The summed E-state index contributed by atoms with van der Waals surface area (Å²) in [6.07, 6.45) is 1.59. The number of ether oxygens (including phenoxy) is 1. The van der Waals surface area contributed by atoms with Gasteiger partial charge in [-0.05, 0) is 31.5 Å². The van der Waals surface area contributed by atoms with Crippen molar-refractivity contribution < 1.29 is 9.84 Å². The van der Waals surface area contributed by atoms with Crippen LogP contribution >= 0.6 is 11.6 Å². The first kappa shape index (κ1) is 12.3. The van der Waals surface area contributed by atoms with Crippen molar-refractivity contribution in [2.75, 3.05) is 7.11 Å². The van der Waals surface area contributed by atoms with Gasteiger partial charge in [0.15, 0.2) is 0 Å². The number of halogens is 1. The van der Waals surface area contributed by atoms with E-state index in [-0.39, 0.29) is 0 Å². The molecule has 0 saturated carbocycles. The lowest BCUT2D eigenvalue weighted by atomic mass is 9.90. The molecule has 1 N–H and O–H groups in total. The molecule has 84 valence electrons. The molecule has 2 nitrogen and oxygen atoms in total. The van der Waals surface area contributed by atoms with Crippen LogP contribution in [0.15, 0.2) is 18.2 Å². The molecule has 0 aliphatic carbocycles. The van der Waals surface area contributed by atoms with Gasteiger partial charge in [-0.3, -0.25) is 0 Å². The van der Waals surface area contributed by atoms with Gasteiger partial charge in [0.05, 0.1) is 12.7 Å². The highest BCUT2D eigenvalue weighted by Crippen LogP contribution is 2.34. The van der Waals surface area contributed by atoms with Crippen LogP contribution in [-0.2, 0) is 5.60 Å². The van der Waals surface area contributed by atoms with Crippen molar-refractivity contribution in [3.8, 4) is 5.75 Å². The first-order valence-electron chi connectivity index (χ1n) is 5.07. The van der Waals surface area contributed by atoms with Crippen LogP contribution in [0.4, 0.5) is 0 Å². The van der Waals surface area contributed by atoms with E-state index in [0.717, 1.165) is 12.0 Å². The number of aliphatic hydroxyl groups is 1. The minimum atomic E-state index is -0.884. The molecular weight excluding hydrogens is 212 g/mol. The van der Waals surface area contributed by atoms with Gasteiger partial charge in [0.2, 0.25) is 0 Å². The van der Waals surface area contributed by atoms with Crippen LogP contribution in [-0.4, -0.2) is 12.2 Å². The van der Waals surface area contributed by atoms with Crippen molar-refractivity contribution >= 4 is 11.6 Å². The fraction of sp³-hybridized carbons (Fsp3) is 0.500. The van der Waals surface area contributed by atoms with E-state index in [0.29, 0.717) is 17.2 Å². The zero-order valence-electron chi connectivity index (χ0n) is 9.38. The molecule has 0 aliphatic rings. The van der Waals surface area contributed by atoms with Crippen LogP contribution in [0.25, 0.3) is 0 Å². The van der Waals surface area contributed by atoms with E-state index in [1.807, 2.05) is 6.92 Å². The lowest BCUT2D eigenvalue weighted by molar-refractivity contribution is 0.0445. The van der Waals surface area contributed by atoms with Crippen LogP contribution < -0.4 is 4.74 Å². The topological polar surface area (TPSA) is 29.5 Å².